The number of rotatable bonds is 5. The third-order valence-electron chi connectivity index (χ3n) is 11.9. The summed E-state index contributed by atoms with van der Waals surface area (Å²) in [6.07, 6.45) is 0. The van der Waals surface area contributed by atoms with Crippen LogP contribution in [0.3, 0.4) is 0 Å². The molecule has 0 bridgehead atoms. The van der Waals surface area contributed by atoms with Crippen LogP contribution < -0.4 is 15.7 Å². The molecule has 0 fully saturated rings. The molecule has 3 heterocycles. The fourth-order valence-electron chi connectivity index (χ4n) is 9.27. The Hall–Kier alpha value is -7.76. The molecule has 0 aliphatic carbocycles. The number of aromatic nitrogens is 2. The zero-order chi connectivity index (χ0) is 39.0. The van der Waals surface area contributed by atoms with Gasteiger partial charge in [0, 0.05) is 44.9 Å². The van der Waals surface area contributed by atoms with E-state index in [0.717, 1.165) is 89.2 Å². The van der Waals surface area contributed by atoms with Gasteiger partial charge in [-0.25, -0.2) is 0 Å². The number of fused-ring (bicyclic) bond motifs is 8. The summed E-state index contributed by atoms with van der Waals surface area (Å²) in [4.78, 5) is 0. The Morgan fingerprint density at radius 1 is 0.373 bits per heavy atom. The van der Waals surface area contributed by atoms with Crippen LogP contribution in [0.2, 0.25) is 0 Å². The van der Waals surface area contributed by atoms with Crippen LogP contribution in [0.25, 0.3) is 88.4 Å². The molecule has 9 aromatic carbocycles. The molecular weight excluding hydrogens is 719 g/mol. The van der Waals surface area contributed by atoms with Crippen LogP contribution in [0, 0.1) is 0 Å². The number of phenols is 1. The molecule has 0 spiro atoms. The number of nitrogens with zero attached hydrogens (tertiary/aromatic N) is 2. The van der Waals surface area contributed by atoms with Gasteiger partial charge in [-0.05, 0) is 81.2 Å². The molecule has 5 heteroatoms. The van der Waals surface area contributed by atoms with E-state index in [4.69, 9.17) is 4.74 Å². The fourth-order valence-corrected chi connectivity index (χ4v) is 9.27. The average molecular weight is 754 g/mol. The van der Waals surface area contributed by atoms with Crippen LogP contribution >= 0.6 is 0 Å². The molecule has 2 aromatic heterocycles. The third-order valence-corrected chi connectivity index (χ3v) is 11.9. The van der Waals surface area contributed by atoms with E-state index >= 15 is 0 Å². The quantitative estimate of drug-likeness (QED) is 0.178. The first-order valence-electron chi connectivity index (χ1n) is 20.0. The van der Waals surface area contributed by atoms with Gasteiger partial charge in [0.2, 0.25) is 7.28 Å². The summed E-state index contributed by atoms with van der Waals surface area (Å²) >= 11 is 0. The van der Waals surface area contributed by atoms with Crippen molar-refractivity contribution in [1.29, 1.82) is 0 Å². The van der Waals surface area contributed by atoms with Crippen LogP contribution in [0.4, 0.5) is 0 Å². The predicted molar refractivity (Wildman–Crippen MR) is 245 cm³/mol. The van der Waals surface area contributed by atoms with Crippen molar-refractivity contribution < 1.29 is 9.84 Å². The zero-order valence-corrected chi connectivity index (χ0v) is 31.9. The Kier molecular flexibility index (Phi) is 7.44. The smallest absolute Gasteiger partial charge is 0.202 e. The number of para-hydroxylation sites is 4. The maximum Gasteiger partial charge on any atom is 0.202 e. The average Bonchev–Trinajstić information content (AvgIpc) is 3.81. The van der Waals surface area contributed by atoms with Gasteiger partial charge in [0.05, 0.1) is 27.8 Å². The Morgan fingerprint density at radius 3 is 1.47 bits per heavy atom. The van der Waals surface area contributed by atoms with Crippen molar-refractivity contribution in [3.05, 3.63) is 200 Å². The van der Waals surface area contributed by atoms with Crippen LogP contribution in [0.1, 0.15) is 0 Å². The van der Waals surface area contributed by atoms with Crippen LogP contribution in [0.15, 0.2) is 200 Å². The highest BCUT2D eigenvalue weighted by Gasteiger charge is 2.26. The first kappa shape index (κ1) is 33.4. The normalized spacial score (nSPS) is 12.1. The molecule has 0 saturated heterocycles. The summed E-state index contributed by atoms with van der Waals surface area (Å²) in [5, 5.41) is 16.9. The maximum atomic E-state index is 12.1. The van der Waals surface area contributed by atoms with Gasteiger partial charge >= 0.3 is 0 Å². The van der Waals surface area contributed by atoms with Crippen LogP contribution in [-0.4, -0.2) is 21.5 Å². The first-order valence-corrected chi connectivity index (χ1v) is 20.0. The van der Waals surface area contributed by atoms with Crippen LogP contribution in [-0.2, 0) is 0 Å². The SMILES string of the molecule is Oc1cc(-c2ccccc2-c2ccccc2)ccc1-c1cc(-n2c3ccccc3c3ccccc32)cc2c1[B]c1ccc(-n3c4ccccc4c4ccccc43)cc1O2. The van der Waals surface area contributed by atoms with Gasteiger partial charge in [-0.3, -0.25) is 0 Å². The monoisotopic (exact) mass is 753 g/mol. The van der Waals surface area contributed by atoms with Gasteiger partial charge in [0.15, 0.2) is 0 Å². The lowest BCUT2D eigenvalue weighted by Crippen LogP contribution is -2.35. The largest absolute Gasteiger partial charge is 0.507 e. The second-order valence-electron chi connectivity index (χ2n) is 15.3. The molecule has 12 rings (SSSR count). The molecule has 59 heavy (non-hydrogen) atoms. The summed E-state index contributed by atoms with van der Waals surface area (Å²) < 4.78 is 11.7. The molecule has 0 atom stereocenters. The molecule has 1 N–H and O–H groups in total. The third kappa shape index (κ3) is 5.25. The Morgan fingerprint density at radius 2 is 0.881 bits per heavy atom. The lowest BCUT2D eigenvalue weighted by molar-refractivity contribution is 0.477. The molecule has 4 nitrogen and oxygen atoms in total. The minimum absolute atomic E-state index is 0.202. The molecule has 1 aliphatic rings. The van der Waals surface area contributed by atoms with E-state index in [0.29, 0.717) is 0 Å². The second kappa shape index (κ2) is 13.2. The van der Waals surface area contributed by atoms with E-state index in [1.165, 1.54) is 21.5 Å². The molecular formula is C54H34BN2O2. The summed E-state index contributed by atoms with van der Waals surface area (Å²) in [6.45, 7) is 0. The fraction of sp³-hybridized carbons (Fsp3) is 0. The van der Waals surface area contributed by atoms with Gasteiger partial charge < -0.3 is 19.0 Å². The summed E-state index contributed by atoms with van der Waals surface area (Å²) in [7, 11) is 2.20. The topological polar surface area (TPSA) is 39.3 Å². The lowest BCUT2D eigenvalue weighted by Gasteiger charge is -2.25. The van der Waals surface area contributed by atoms with Gasteiger partial charge in [-0.2, -0.15) is 0 Å². The van der Waals surface area contributed by atoms with Crippen molar-refractivity contribution in [2.75, 3.05) is 0 Å². The Labute approximate surface area is 341 Å². The molecule has 0 saturated carbocycles. The molecule has 1 radical (unpaired) electrons. The standard InChI is InChI=1S/C54H34BN2O2/c58-51-30-35(39-17-5-4-16-38(39)34-14-2-1-3-15-34)26-28-44(51)45-31-37(57-49-24-12-8-20-42(49)43-21-9-13-25-50(43)57)33-53-54(45)55-46-29-27-36(32-52(46)59-53)56-47-22-10-6-18-40(47)41-19-7-11-23-48(41)56/h1-33,58H. The van der Waals surface area contributed by atoms with Crippen molar-refractivity contribution in [3.8, 4) is 62.0 Å². The number of hydrogen-bond donors (Lipinski definition) is 1. The van der Waals surface area contributed by atoms with Gasteiger partial charge in [-0.1, -0.05) is 146 Å². The highest BCUT2D eigenvalue weighted by atomic mass is 16.5. The summed E-state index contributed by atoms with van der Waals surface area (Å²) in [6, 6.07) is 69.8. The van der Waals surface area contributed by atoms with Crippen molar-refractivity contribution in [2.45, 2.75) is 0 Å². The number of hydrogen-bond acceptors (Lipinski definition) is 2. The second-order valence-corrected chi connectivity index (χ2v) is 15.3. The lowest BCUT2D eigenvalue weighted by atomic mass is 9.59. The molecule has 0 unspecified atom stereocenters. The van der Waals surface area contributed by atoms with E-state index in [1.807, 2.05) is 18.2 Å². The van der Waals surface area contributed by atoms with Crippen molar-refractivity contribution >= 4 is 61.8 Å². The minimum atomic E-state index is 0.202. The van der Waals surface area contributed by atoms with E-state index in [1.54, 1.807) is 0 Å². The summed E-state index contributed by atoms with van der Waals surface area (Å²) in [5.74, 6) is 1.70. The highest BCUT2D eigenvalue weighted by molar-refractivity contribution is 6.71. The van der Waals surface area contributed by atoms with E-state index < -0.39 is 0 Å². The molecule has 0 amide bonds. The van der Waals surface area contributed by atoms with Crippen molar-refractivity contribution in [1.82, 2.24) is 9.13 Å². The molecule has 11 aromatic rings. The van der Waals surface area contributed by atoms with E-state index in [9.17, 15) is 5.11 Å². The Bertz CT molecular complexity index is 3360. The number of phenolic OH excluding ortho intramolecular Hbond substituents is 1. The Balaban J connectivity index is 1.04. The predicted octanol–water partition coefficient (Wildman–Crippen LogP) is 12.3. The number of ether oxygens (including phenoxy) is 1. The first-order chi connectivity index (χ1) is 29.2. The van der Waals surface area contributed by atoms with Crippen molar-refractivity contribution in [2.24, 2.45) is 0 Å². The molecule has 275 valence electrons. The zero-order valence-electron chi connectivity index (χ0n) is 31.9. The number of aromatic hydroxyl groups is 1. The van der Waals surface area contributed by atoms with Crippen molar-refractivity contribution in [3.63, 3.8) is 0 Å². The number of benzene rings is 9. The van der Waals surface area contributed by atoms with Gasteiger partial charge in [-0.15, -0.1) is 0 Å². The highest BCUT2D eigenvalue weighted by Crippen LogP contribution is 2.42. The summed E-state index contributed by atoms with van der Waals surface area (Å²) in [5.41, 5.74) is 14.2. The van der Waals surface area contributed by atoms with Crippen LogP contribution in [0.5, 0.6) is 17.2 Å². The van der Waals surface area contributed by atoms with Gasteiger partial charge in [0.25, 0.3) is 0 Å². The minimum Gasteiger partial charge on any atom is -0.507 e. The van der Waals surface area contributed by atoms with E-state index in [2.05, 4.69) is 198 Å². The maximum absolute atomic E-state index is 12.1. The van der Waals surface area contributed by atoms with Gasteiger partial charge in [0.1, 0.15) is 17.2 Å². The van der Waals surface area contributed by atoms with E-state index in [-0.39, 0.29) is 5.75 Å². The molecule has 1 aliphatic heterocycles.